The van der Waals surface area contributed by atoms with E-state index in [4.69, 9.17) is 39.5 Å². The number of hydrogen-bond acceptors (Lipinski definition) is 3. The lowest BCUT2D eigenvalue weighted by Crippen LogP contribution is -2.02. The highest BCUT2D eigenvalue weighted by molar-refractivity contribution is 6.37. The standard InChI is InChI=1S/C14H10Cl3N3O/c1-21-12-6-5-10-14(19-12)20(11(7-15)18-10)13-8(16)3-2-4-9(13)17/h2-6H,7H2,1H3. The lowest BCUT2D eigenvalue weighted by Gasteiger charge is -2.11. The van der Waals surface area contributed by atoms with Crippen molar-refractivity contribution in [2.24, 2.45) is 0 Å². The number of hydrogen-bond donors (Lipinski definition) is 0. The van der Waals surface area contributed by atoms with Crippen LogP contribution in [0.4, 0.5) is 0 Å². The molecule has 0 unspecified atom stereocenters. The Kier molecular flexibility index (Phi) is 3.93. The molecule has 0 atom stereocenters. The van der Waals surface area contributed by atoms with Gasteiger partial charge in [-0.25, -0.2) is 4.98 Å². The highest BCUT2D eigenvalue weighted by atomic mass is 35.5. The number of methoxy groups -OCH3 is 1. The van der Waals surface area contributed by atoms with E-state index in [1.165, 1.54) is 0 Å². The molecule has 0 aliphatic heterocycles. The van der Waals surface area contributed by atoms with Gasteiger partial charge in [-0.05, 0) is 18.2 Å². The van der Waals surface area contributed by atoms with Crippen molar-refractivity contribution >= 4 is 46.0 Å². The van der Waals surface area contributed by atoms with Gasteiger partial charge in [0.15, 0.2) is 5.65 Å². The summed E-state index contributed by atoms with van der Waals surface area (Å²) >= 11 is 18.6. The monoisotopic (exact) mass is 341 g/mol. The normalized spacial score (nSPS) is 11.0. The molecule has 3 rings (SSSR count). The zero-order valence-electron chi connectivity index (χ0n) is 11.0. The van der Waals surface area contributed by atoms with E-state index < -0.39 is 0 Å². The summed E-state index contributed by atoms with van der Waals surface area (Å²) in [5.41, 5.74) is 1.90. The third-order valence-electron chi connectivity index (χ3n) is 3.04. The molecule has 2 heterocycles. The zero-order chi connectivity index (χ0) is 15.0. The summed E-state index contributed by atoms with van der Waals surface area (Å²) in [6, 6.07) is 8.85. The second-order valence-corrected chi connectivity index (χ2v) is 5.35. The van der Waals surface area contributed by atoms with Crippen LogP contribution in [0.25, 0.3) is 16.9 Å². The average molecular weight is 343 g/mol. The quantitative estimate of drug-likeness (QED) is 0.659. The van der Waals surface area contributed by atoms with Crippen molar-refractivity contribution < 1.29 is 4.74 Å². The Bertz CT molecular complexity index is 796. The molecule has 0 amide bonds. The van der Waals surface area contributed by atoms with Crippen molar-refractivity contribution in [3.8, 4) is 11.6 Å². The maximum Gasteiger partial charge on any atom is 0.215 e. The molecule has 0 fully saturated rings. The molecule has 1 aromatic carbocycles. The summed E-state index contributed by atoms with van der Waals surface area (Å²) in [4.78, 5) is 8.88. The fraction of sp³-hybridized carbons (Fsp3) is 0.143. The van der Waals surface area contributed by atoms with Crippen molar-refractivity contribution in [2.45, 2.75) is 5.88 Å². The molecular formula is C14H10Cl3N3O. The molecule has 0 saturated carbocycles. The second-order valence-electron chi connectivity index (χ2n) is 4.26. The summed E-state index contributed by atoms with van der Waals surface area (Å²) < 4.78 is 6.92. The number of ether oxygens (including phenoxy) is 1. The molecular weight excluding hydrogens is 333 g/mol. The molecule has 3 aromatic rings. The van der Waals surface area contributed by atoms with Crippen LogP contribution in [0.2, 0.25) is 10.0 Å². The number of rotatable bonds is 3. The van der Waals surface area contributed by atoms with Crippen LogP contribution in [0.5, 0.6) is 5.88 Å². The van der Waals surface area contributed by atoms with Gasteiger partial charge in [0.2, 0.25) is 5.88 Å². The Morgan fingerprint density at radius 2 is 1.81 bits per heavy atom. The maximum atomic E-state index is 6.29. The van der Waals surface area contributed by atoms with Crippen molar-refractivity contribution in [3.63, 3.8) is 0 Å². The van der Waals surface area contributed by atoms with Crippen LogP contribution in [0, 0.1) is 0 Å². The maximum absolute atomic E-state index is 6.29. The number of aromatic nitrogens is 3. The zero-order valence-corrected chi connectivity index (χ0v) is 13.2. The highest BCUT2D eigenvalue weighted by Gasteiger charge is 2.18. The number of halogens is 3. The number of fused-ring (bicyclic) bond motifs is 1. The van der Waals surface area contributed by atoms with Crippen LogP contribution < -0.4 is 4.74 Å². The largest absolute Gasteiger partial charge is 0.481 e. The average Bonchev–Trinajstić information content (AvgIpc) is 2.85. The molecule has 7 heteroatoms. The molecule has 0 bridgehead atoms. The molecule has 0 radical (unpaired) electrons. The third kappa shape index (κ3) is 2.44. The molecule has 108 valence electrons. The van der Waals surface area contributed by atoms with E-state index in [9.17, 15) is 0 Å². The molecule has 0 aliphatic rings. The first kappa shape index (κ1) is 14.4. The van der Waals surface area contributed by atoms with E-state index in [0.29, 0.717) is 38.6 Å². The first-order valence-corrected chi connectivity index (χ1v) is 7.37. The van der Waals surface area contributed by atoms with Gasteiger partial charge in [-0.1, -0.05) is 29.3 Å². The van der Waals surface area contributed by atoms with Gasteiger partial charge in [-0.3, -0.25) is 4.57 Å². The number of pyridine rings is 1. The number of para-hydroxylation sites is 1. The van der Waals surface area contributed by atoms with Gasteiger partial charge >= 0.3 is 0 Å². The Morgan fingerprint density at radius 1 is 1.10 bits per heavy atom. The van der Waals surface area contributed by atoms with Crippen LogP contribution in [0.3, 0.4) is 0 Å². The van der Waals surface area contributed by atoms with E-state index in [-0.39, 0.29) is 5.88 Å². The van der Waals surface area contributed by atoms with Gasteiger partial charge in [-0.2, -0.15) is 4.98 Å². The van der Waals surface area contributed by atoms with Crippen LogP contribution in [0.15, 0.2) is 30.3 Å². The summed E-state index contributed by atoms with van der Waals surface area (Å²) in [5.74, 6) is 1.30. The van der Waals surface area contributed by atoms with Crippen LogP contribution in [-0.4, -0.2) is 21.6 Å². The SMILES string of the molecule is COc1ccc2nc(CCl)n(-c3c(Cl)cccc3Cl)c2n1. The van der Waals surface area contributed by atoms with Crippen molar-refractivity contribution in [1.29, 1.82) is 0 Å². The smallest absolute Gasteiger partial charge is 0.215 e. The predicted octanol–water partition coefficient (Wildman–Crippen LogP) is 4.47. The number of alkyl halides is 1. The van der Waals surface area contributed by atoms with Gasteiger partial charge in [0, 0.05) is 6.07 Å². The summed E-state index contributed by atoms with van der Waals surface area (Å²) in [5, 5.41) is 0.996. The third-order valence-corrected chi connectivity index (χ3v) is 3.89. The van der Waals surface area contributed by atoms with E-state index in [0.717, 1.165) is 0 Å². The fourth-order valence-corrected chi connectivity index (χ4v) is 2.87. The van der Waals surface area contributed by atoms with Gasteiger partial charge < -0.3 is 4.74 Å². The summed E-state index contributed by atoms with van der Waals surface area (Å²) in [6.45, 7) is 0. The molecule has 21 heavy (non-hydrogen) atoms. The lowest BCUT2D eigenvalue weighted by molar-refractivity contribution is 0.399. The van der Waals surface area contributed by atoms with E-state index in [2.05, 4.69) is 9.97 Å². The first-order chi connectivity index (χ1) is 10.2. The minimum Gasteiger partial charge on any atom is -0.481 e. The highest BCUT2D eigenvalue weighted by Crippen LogP contribution is 2.32. The van der Waals surface area contributed by atoms with E-state index >= 15 is 0 Å². The Balaban J connectivity index is 2.39. The predicted molar refractivity (Wildman–Crippen MR) is 85.0 cm³/mol. The Hall–Kier alpha value is -1.49. The molecule has 0 N–H and O–H groups in total. The van der Waals surface area contributed by atoms with Crippen molar-refractivity contribution in [1.82, 2.24) is 14.5 Å². The first-order valence-electron chi connectivity index (χ1n) is 6.08. The van der Waals surface area contributed by atoms with Gasteiger partial charge in [0.05, 0.1) is 28.7 Å². The summed E-state index contributed by atoms with van der Waals surface area (Å²) in [7, 11) is 1.56. The van der Waals surface area contributed by atoms with E-state index in [1.807, 2.05) is 6.07 Å². The van der Waals surface area contributed by atoms with Gasteiger partial charge in [-0.15, -0.1) is 11.6 Å². The van der Waals surface area contributed by atoms with Crippen LogP contribution in [-0.2, 0) is 5.88 Å². The van der Waals surface area contributed by atoms with E-state index in [1.54, 1.807) is 35.9 Å². The topological polar surface area (TPSA) is 39.9 Å². The lowest BCUT2D eigenvalue weighted by atomic mass is 10.3. The Labute approximate surface area is 136 Å². The number of nitrogens with zero attached hydrogens (tertiary/aromatic N) is 3. The van der Waals surface area contributed by atoms with Crippen molar-refractivity contribution in [2.75, 3.05) is 7.11 Å². The van der Waals surface area contributed by atoms with Gasteiger partial charge in [0.25, 0.3) is 0 Å². The molecule has 2 aromatic heterocycles. The second kappa shape index (κ2) is 5.72. The minimum absolute atomic E-state index is 0.209. The van der Waals surface area contributed by atoms with Crippen LogP contribution >= 0.6 is 34.8 Å². The minimum atomic E-state index is 0.209. The van der Waals surface area contributed by atoms with Crippen LogP contribution in [0.1, 0.15) is 5.82 Å². The molecule has 0 spiro atoms. The summed E-state index contributed by atoms with van der Waals surface area (Å²) in [6.07, 6.45) is 0. The molecule has 0 saturated heterocycles. The fourth-order valence-electron chi connectivity index (χ4n) is 2.13. The molecule has 0 aliphatic carbocycles. The van der Waals surface area contributed by atoms with Gasteiger partial charge in [0.1, 0.15) is 11.3 Å². The Morgan fingerprint density at radius 3 is 2.43 bits per heavy atom. The number of imidazole rings is 1. The number of benzene rings is 1. The molecule has 4 nitrogen and oxygen atoms in total. The van der Waals surface area contributed by atoms with Crippen molar-refractivity contribution in [3.05, 3.63) is 46.2 Å².